The van der Waals surface area contributed by atoms with E-state index in [4.69, 9.17) is 11.6 Å². The first kappa shape index (κ1) is 13.2. The molecule has 0 radical (unpaired) electrons. The Morgan fingerprint density at radius 1 is 1.62 bits per heavy atom. The van der Waals surface area contributed by atoms with Crippen molar-refractivity contribution in [3.8, 4) is 0 Å². The normalized spacial score (nSPS) is 10.6. The summed E-state index contributed by atoms with van der Waals surface area (Å²) in [5.41, 5.74) is -1.28. The molecule has 0 atom stereocenters. The monoisotopic (exact) mass is 362 g/mol. The summed E-state index contributed by atoms with van der Waals surface area (Å²) >= 11 is 6.46. The van der Waals surface area contributed by atoms with Crippen LogP contribution in [0.3, 0.4) is 0 Å². The van der Waals surface area contributed by atoms with Crippen LogP contribution in [-0.2, 0) is 0 Å². The summed E-state index contributed by atoms with van der Waals surface area (Å²) in [7, 11) is 0. The third-order valence-corrected chi connectivity index (χ3v) is 2.64. The van der Waals surface area contributed by atoms with E-state index in [0.29, 0.717) is 6.07 Å². The molecular weight excluding hydrogens is 360 g/mol. The van der Waals surface area contributed by atoms with Crippen LogP contribution in [0.15, 0.2) is 6.07 Å². The van der Waals surface area contributed by atoms with Gasteiger partial charge in [0.2, 0.25) is 3.70 Å². The van der Waals surface area contributed by atoms with Crippen LogP contribution in [0.2, 0.25) is 0 Å². The molecule has 0 aliphatic carbocycles. The van der Waals surface area contributed by atoms with Crippen LogP contribution in [0.1, 0.15) is 22.3 Å². The molecule has 1 heterocycles. The van der Waals surface area contributed by atoms with Crippen molar-refractivity contribution in [1.82, 2.24) is 4.98 Å². The zero-order chi connectivity index (χ0) is 12.5. The number of hydrogen-bond acceptors (Lipinski definition) is 4. The molecular formula is C7H2ClF2IN2O3. The summed E-state index contributed by atoms with van der Waals surface area (Å²) in [4.78, 5) is 23.7. The first-order valence-electron chi connectivity index (χ1n) is 3.67. The van der Waals surface area contributed by atoms with Crippen LogP contribution in [-0.4, -0.2) is 15.1 Å². The van der Waals surface area contributed by atoms with E-state index in [2.05, 4.69) is 4.98 Å². The van der Waals surface area contributed by atoms with E-state index in [1.807, 2.05) is 0 Å². The first-order chi connectivity index (χ1) is 7.34. The molecule has 0 saturated heterocycles. The van der Waals surface area contributed by atoms with Crippen molar-refractivity contribution in [3.63, 3.8) is 0 Å². The van der Waals surface area contributed by atoms with Crippen molar-refractivity contribution >= 4 is 45.3 Å². The molecule has 16 heavy (non-hydrogen) atoms. The number of alkyl halides is 2. The fraction of sp³-hybridized carbons (Fsp3) is 0.143. The number of aromatic nitrogens is 1. The van der Waals surface area contributed by atoms with Crippen molar-refractivity contribution in [2.75, 3.05) is 0 Å². The third-order valence-electron chi connectivity index (χ3n) is 1.62. The van der Waals surface area contributed by atoms with Gasteiger partial charge in [0, 0.05) is 28.7 Å². The average molecular weight is 362 g/mol. The second kappa shape index (κ2) is 4.95. The predicted molar refractivity (Wildman–Crippen MR) is 58.7 cm³/mol. The number of nitro groups is 1. The summed E-state index contributed by atoms with van der Waals surface area (Å²) in [5.74, 6) is -0.696. The fourth-order valence-corrected chi connectivity index (χ4v) is 1.90. The van der Waals surface area contributed by atoms with E-state index in [1.54, 1.807) is 0 Å². The lowest BCUT2D eigenvalue weighted by Gasteiger charge is -2.04. The zero-order valence-electron chi connectivity index (χ0n) is 7.29. The smallest absolute Gasteiger partial charge is 0.358 e. The van der Waals surface area contributed by atoms with Gasteiger partial charge in [-0.2, -0.15) is 0 Å². The summed E-state index contributed by atoms with van der Waals surface area (Å²) in [6, 6.07) is 0.638. The maximum absolute atomic E-state index is 12.6. The molecule has 0 amide bonds. The Bertz CT molecular complexity index is 469. The average Bonchev–Trinajstić information content (AvgIpc) is 2.15. The number of carbonyl (C=O) groups is 1. The number of hydrogen-bond donors (Lipinski definition) is 0. The van der Waals surface area contributed by atoms with E-state index in [0.717, 1.165) is 0 Å². The Kier molecular flexibility index (Phi) is 4.08. The number of rotatable bonds is 3. The van der Waals surface area contributed by atoms with E-state index in [9.17, 15) is 23.7 Å². The lowest BCUT2D eigenvalue weighted by molar-refractivity contribution is -0.389. The second-order valence-corrected chi connectivity index (χ2v) is 3.93. The minimum absolute atomic E-state index is 0.314. The summed E-state index contributed by atoms with van der Waals surface area (Å²) in [6.07, 6.45) is -2.97. The van der Waals surface area contributed by atoms with Gasteiger partial charge in [0.15, 0.2) is 0 Å². The molecule has 1 rings (SSSR count). The number of carbonyl (C=O) groups excluding carboxylic acids is 1. The zero-order valence-corrected chi connectivity index (χ0v) is 10.2. The summed E-state index contributed by atoms with van der Waals surface area (Å²) in [6.45, 7) is 0. The fourth-order valence-electron chi connectivity index (χ4n) is 0.975. The van der Waals surface area contributed by atoms with E-state index < -0.39 is 33.5 Å². The van der Waals surface area contributed by atoms with Crippen LogP contribution in [0, 0.1) is 13.8 Å². The van der Waals surface area contributed by atoms with Crippen LogP contribution in [0.4, 0.5) is 14.6 Å². The lowest BCUT2D eigenvalue weighted by atomic mass is 10.1. The van der Waals surface area contributed by atoms with Crippen molar-refractivity contribution in [2.24, 2.45) is 0 Å². The van der Waals surface area contributed by atoms with Crippen molar-refractivity contribution in [2.45, 2.75) is 6.43 Å². The lowest BCUT2D eigenvalue weighted by Crippen LogP contribution is -2.06. The highest BCUT2D eigenvalue weighted by Gasteiger charge is 2.27. The second-order valence-electron chi connectivity index (χ2n) is 2.56. The Balaban J connectivity index is 3.52. The van der Waals surface area contributed by atoms with Gasteiger partial charge in [-0.25, -0.2) is 8.78 Å². The molecule has 86 valence electrons. The van der Waals surface area contributed by atoms with Gasteiger partial charge in [-0.3, -0.25) is 4.79 Å². The standard InChI is InChI=1S/C7H2ClF2IN2O3/c8-5(14)2-1-3(13(15)16)12-7(11)4(2)6(9)10/h1,6H. The Hall–Kier alpha value is -0.900. The molecule has 1 aromatic rings. The predicted octanol–water partition coefficient (Wildman–Crippen LogP) is 2.91. The van der Waals surface area contributed by atoms with Gasteiger partial charge in [-0.1, -0.05) is 0 Å². The molecule has 0 aliphatic rings. The SMILES string of the molecule is O=C(Cl)c1cc([N+](=O)[O-])nc(I)c1C(F)F. The summed E-state index contributed by atoms with van der Waals surface area (Å²) in [5, 5.41) is 9.23. The largest absolute Gasteiger partial charge is 0.365 e. The van der Waals surface area contributed by atoms with Gasteiger partial charge in [0.25, 0.3) is 11.7 Å². The van der Waals surface area contributed by atoms with Gasteiger partial charge >= 0.3 is 5.82 Å². The van der Waals surface area contributed by atoms with Crippen molar-refractivity contribution in [1.29, 1.82) is 0 Å². The molecule has 1 aromatic heterocycles. The topological polar surface area (TPSA) is 73.1 Å². The maximum Gasteiger partial charge on any atom is 0.365 e. The Labute approximate surface area is 106 Å². The molecule has 0 bridgehead atoms. The molecule has 0 aromatic carbocycles. The quantitative estimate of drug-likeness (QED) is 0.272. The van der Waals surface area contributed by atoms with Gasteiger partial charge < -0.3 is 10.1 Å². The minimum atomic E-state index is -2.97. The number of pyridine rings is 1. The van der Waals surface area contributed by atoms with Crippen LogP contribution in [0.5, 0.6) is 0 Å². The highest BCUT2D eigenvalue weighted by atomic mass is 127. The Morgan fingerprint density at radius 3 is 2.56 bits per heavy atom. The Morgan fingerprint density at radius 2 is 2.19 bits per heavy atom. The van der Waals surface area contributed by atoms with Gasteiger partial charge in [-0.15, -0.1) is 0 Å². The van der Waals surface area contributed by atoms with Gasteiger partial charge in [0.05, 0.1) is 11.1 Å². The van der Waals surface area contributed by atoms with E-state index >= 15 is 0 Å². The highest BCUT2D eigenvalue weighted by Crippen LogP contribution is 2.30. The highest BCUT2D eigenvalue weighted by molar-refractivity contribution is 14.1. The van der Waals surface area contributed by atoms with Crippen molar-refractivity contribution < 1.29 is 18.5 Å². The molecule has 0 fully saturated rings. The minimum Gasteiger partial charge on any atom is -0.358 e. The number of nitrogens with zero attached hydrogens (tertiary/aromatic N) is 2. The molecule has 9 heteroatoms. The molecule has 0 N–H and O–H groups in total. The van der Waals surface area contributed by atoms with E-state index in [-0.39, 0.29) is 3.70 Å². The molecule has 0 saturated carbocycles. The van der Waals surface area contributed by atoms with Gasteiger partial charge in [-0.05, 0) is 21.5 Å². The first-order valence-corrected chi connectivity index (χ1v) is 5.13. The van der Waals surface area contributed by atoms with Crippen molar-refractivity contribution in [3.05, 3.63) is 31.0 Å². The van der Waals surface area contributed by atoms with Crippen LogP contribution >= 0.6 is 34.2 Å². The third kappa shape index (κ3) is 2.61. The van der Waals surface area contributed by atoms with Gasteiger partial charge in [0.1, 0.15) is 0 Å². The molecule has 5 nitrogen and oxygen atoms in total. The molecule has 0 aliphatic heterocycles. The maximum atomic E-state index is 12.6. The molecule has 0 spiro atoms. The summed E-state index contributed by atoms with van der Waals surface area (Å²) < 4.78 is 24.8. The van der Waals surface area contributed by atoms with Crippen LogP contribution < -0.4 is 0 Å². The van der Waals surface area contributed by atoms with E-state index in [1.165, 1.54) is 22.6 Å². The number of halogens is 4. The van der Waals surface area contributed by atoms with Crippen LogP contribution in [0.25, 0.3) is 0 Å². The molecule has 0 unspecified atom stereocenters.